The number of unbranched alkanes of at least 4 members (excludes halogenated alkanes) is 30. The molecule has 0 aliphatic heterocycles. The highest BCUT2D eigenvalue weighted by Crippen LogP contribution is 2.13. The van der Waals surface area contributed by atoms with Crippen LogP contribution in [0.25, 0.3) is 0 Å². The Bertz CT molecular complexity index is 793. The quantitative estimate of drug-likeness (QED) is 0.0469. The Labute approximate surface area is 384 Å². The van der Waals surface area contributed by atoms with Gasteiger partial charge < -0.3 is 20.3 Å². The Kier molecular flexibility index (Phi) is 56.1. The maximum absolute atomic E-state index is 12.6. The monoisotopic (exact) mass is 864 g/mol. The predicted octanol–water partition coefficient (Wildman–Crippen LogP) is 14.2. The zero-order valence-electron chi connectivity index (χ0n) is 42.8. The fraction of sp³-hybridized carbons (Fsp3) is 0.963. The van der Waals surface area contributed by atoms with Gasteiger partial charge in [0.15, 0.2) is 0 Å². The molecule has 0 fully saturated rings. The summed E-state index contributed by atoms with van der Waals surface area (Å²) in [5, 5.41) is 6.22. The van der Waals surface area contributed by atoms with Crippen LogP contribution in [-0.2, 0) is 9.59 Å². The average Bonchev–Trinajstić information content (AvgIpc) is 3.26. The minimum absolute atomic E-state index is 0.180. The van der Waals surface area contributed by atoms with Gasteiger partial charge in [-0.1, -0.05) is 227 Å². The maximum Gasteiger partial charge on any atom is 0.234 e. The van der Waals surface area contributed by atoms with Gasteiger partial charge in [-0.25, -0.2) is 0 Å². The number of aldehydes is 1. The number of nitrogens with one attached hydrogen (secondary N) is 2. The van der Waals surface area contributed by atoms with Crippen LogP contribution in [0.4, 0.5) is 0 Å². The summed E-state index contributed by atoms with van der Waals surface area (Å²) < 4.78 is 0. The van der Waals surface area contributed by atoms with E-state index < -0.39 is 0 Å². The van der Waals surface area contributed by atoms with E-state index in [0.717, 1.165) is 45.6 Å². The summed E-state index contributed by atoms with van der Waals surface area (Å²) in [5.41, 5.74) is 0. The molecular weight excluding hydrogens is 751 g/mol. The Morgan fingerprint density at radius 1 is 0.361 bits per heavy atom. The lowest BCUT2D eigenvalue weighted by Gasteiger charge is -2.28. The average molecular weight is 865 g/mol. The largest absolute Gasteiger partial charge is 0.354 e. The number of hydrogen-bond donors (Lipinski definition) is 2. The number of carbonyl (C=O) groups excluding carboxylic acids is 2. The molecule has 0 saturated carbocycles. The number of likely N-dealkylation sites (N-methyl/N-ethyl adjacent to an activating group) is 1. The molecule has 0 atom stereocenters. The SMILES string of the molecule is CCCCCCCCCN(CC=O)CCCCCCCCC.CCCCCCCCCN(CCCCCCCCC)CCN(CCCCCCCCC)CC(=O)NCCNC. The fourth-order valence-corrected chi connectivity index (χ4v) is 8.34. The zero-order chi connectivity index (χ0) is 45.0. The van der Waals surface area contributed by atoms with Crippen LogP contribution in [0.1, 0.15) is 259 Å². The predicted molar refractivity (Wildman–Crippen MR) is 272 cm³/mol. The smallest absolute Gasteiger partial charge is 0.234 e. The first-order chi connectivity index (χ1) is 30.0. The van der Waals surface area contributed by atoms with E-state index in [2.05, 4.69) is 60.0 Å². The molecule has 0 unspecified atom stereocenters. The van der Waals surface area contributed by atoms with Crippen LogP contribution in [0.15, 0.2) is 0 Å². The first kappa shape index (κ1) is 62.1. The third kappa shape index (κ3) is 51.5. The lowest BCUT2D eigenvalue weighted by molar-refractivity contribution is -0.122. The second-order valence-corrected chi connectivity index (χ2v) is 18.6. The van der Waals surface area contributed by atoms with Crippen molar-refractivity contribution in [2.45, 2.75) is 259 Å². The highest BCUT2D eigenvalue weighted by Gasteiger charge is 2.13. The van der Waals surface area contributed by atoms with Gasteiger partial charge in [-0.2, -0.15) is 0 Å². The molecule has 0 aliphatic rings. The topological polar surface area (TPSA) is 67.9 Å². The van der Waals surface area contributed by atoms with Crippen molar-refractivity contribution in [1.29, 1.82) is 0 Å². The highest BCUT2D eigenvalue weighted by atomic mass is 16.2. The van der Waals surface area contributed by atoms with E-state index in [4.69, 9.17) is 0 Å². The molecule has 0 heterocycles. The van der Waals surface area contributed by atoms with Crippen molar-refractivity contribution in [1.82, 2.24) is 25.3 Å². The van der Waals surface area contributed by atoms with Gasteiger partial charge in [0, 0.05) is 26.2 Å². The minimum Gasteiger partial charge on any atom is -0.354 e. The number of hydrogen-bond acceptors (Lipinski definition) is 6. The molecule has 0 aliphatic carbocycles. The summed E-state index contributed by atoms with van der Waals surface area (Å²) in [5.74, 6) is 0.180. The van der Waals surface area contributed by atoms with Crippen LogP contribution in [0.5, 0.6) is 0 Å². The summed E-state index contributed by atoms with van der Waals surface area (Å²) in [4.78, 5) is 30.9. The summed E-state index contributed by atoms with van der Waals surface area (Å²) in [6.07, 6.45) is 48.5. The Morgan fingerprint density at radius 2 is 0.639 bits per heavy atom. The number of carbonyl (C=O) groups is 2. The number of amides is 1. The van der Waals surface area contributed by atoms with Crippen LogP contribution >= 0.6 is 0 Å². The molecule has 0 saturated heterocycles. The van der Waals surface area contributed by atoms with E-state index in [1.54, 1.807) is 0 Å². The minimum atomic E-state index is 0.180. The molecule has 0 aromatic heterocycles. The second kappa shape index (κ2) is 55.1. The molecule has 1 amide bonds. The third-order valence-electron chi connectivity index (χ3n) is 12.5. The molecule has 0 radical (unpaired) electrons. The molecule has 0 rings (SSSR count). The molecule has 7 nitrogen and oxygen atoms in total. The van der Waals surface area contributed by atoms with Crippen LogP contribution in [0.3, 0.4) is 0 Å². The molecule has 7 heteroatoms. The molecule has 366 valence electrons. The normalized spacial score (nSPS) is 11.5. The van der Waals surface area contributed by atoms with Crippen LogP contribution in [-0.4, -0.2) is 106 Å². The van der Waals surface area contributed by atoms with Gasteiger partial charge in [-0.05, 0) is 71.9 Å². The van der Waals surface area contributed by atoms with Crippen LogP contribution < -0.4 is 10.6 Å². The van der Waals surface area contributed by atoms with Crippen LogP contribution in [0, 0.1) is 0 Å². The first-order valence-electron chi connectivity index (χ1n) is 27.5. The van der Waals surface area contributed by atoms with Crippen molar-refractivity contribution >= 4 is 12.2 Å². The lowest BCUT2D eigenvalue weighted by Crippen LogP contribution is -2.43. The van der Waals surface area contributed by atoms with Crippen molar-refractivity contribution < 1.29 is 9.59 Å². The molecule has 0 aromatic carbocycles. The summed E-state index contributed by atoms with van der Waals surface area (Å²) >= 11 is 0. The number of rotatable bonds is 50. The Hall–Kier alpha value is -1.02. The van der Waals surface area contributed by atoms with E-state index in [-0.39, 0.29) is 5.91 Å². The van der Waals surface area contributed by atoms with Gasteiger partial charge in [-0.15, -0.1) is 0 Å². The molecule has 0 aromatic rings. The van der Waals surface area contributed by atoms with Gasteiger partial charge in [0.1, 0.15) is 6.29 Å². The second-order valence-electron chi connectivity index (χ2n) is 18.6. The van der Waals surface area contributed by atoms with E-state index in [1.165, 1.54) is 238 Å². The molecule has 2 N–H and O–H groups in total. The standard InChI is InChI=1S/C34H72N4O.C20H41NO/c1-5-8-11-14-17-20-23-28-37(29-24-21-18-15-12-9-6-2)31-32-38(33-34(39)36-27-26-35-4)30-25-22-19-16-13-10-7-3;1-3-5-7-9-11-13-15-17-21(19-20-22)18-16-14-12-10-8-6-4-2/h35H,5-33H2,1-4H3,(H,36,39);20H,3-19H2,1-2H3. The van der Waals surface area contributed by atoms with Crippen molar-refractivity contribution in [3.63, 3.8) is 0 Å². The molecule has 0 spiro atoms. The van der Waals surface area contributed by atoms with E-state index in [0.29, 0.717) is 19.6 Å². The molecule has 0 bridgehead atoms. The van der Waals surface area contributed by atoms with Gasteiger partial charge >= 0.3 is 0 Å². The highest BCUT2D eigenvalue weighted by molar-refractivity contribution is 5.78. The van der Waals surface area contributed by atoms with Crippen molar-refractivity contribution in [3.05, 3.63) is 0 Å². The van der Waals surface area contributed by atoms with Crippen molar-refractivity contribution in [3.8, 4) is 0 Å². The first-order valence-corrected chi connectivity index (χ1v) is 27.5. The van der Waals surface area contributed by atoms with Crippen LogP contribution in [0.2, 0.25) is 0 Å². The lowest BCUT2D eigenvalue weighted by atomic mass is 10.1. The van der Waals surface area contributed by atoms with E-state index in [1.807, 2.05) is 7.05 Å². The van der Waals surface area contributed by atoms with E-state index in [9.17, 15) is 9.59 Å². The Balaban J connectivity index is 0. The summed E-state index contributed by atoms with van der Waals surface area (Å²) in [6.45, 7) is 22.0. The maximum atomic E-state index is 12.6. The summed E-state index contributed by atoms with van der Waals surface area (Å²) in [6, 6.07) is 0. The molecule has 61 heavy (non-hydrogen) atoms. The van der Waals surface area contributed by atoms with E-state index >= 15 is 0 Å². The van der Waals surface area contributed by atoms with Gasteiger partial charge in [0.2, 0.25) is 5.91 Å². The van der Waals surface area contributed by atoms with Gasteiger partial charge in [0.05, 0.1) is 13.1 Å². The Morgan fingerprint density at radius 3 is 0.951 bits per heavy atom. The zero-order valence-corrected chi connectivity index (χ0v) is 42.8. The summed E-state index contributed by atoms with van der Waals surface area (Å²) in [7, 11) is 1.93. The van der Waals surface area contributed by atoms with Gasteiger partial charge in [-0.3, -0.25) is 14.6 Å². The fourth-order valence-electron chi connectivity index (χ4n) is 8.34. The van der Waals surface area contributed by atoms with Crippen molar-refractivity contribution in [2.24, 2.45) is 0 Å². The third-order valence-corrected chi connectivity index (χ3v) is 12.5. The molecular formula is C54H113N5O2. The van der Waals surface area contributed by atoms with Crippen molar-refractivity contribution in [2.75, 3.05) is 79.0 Å². The number of nitrogens with zero attached hydrogens (tertiary/aromatic N) is 3. The van der Waals surface area contributed by atoms with Gasteiger partial charge in [0.25, 0.3) is 0 Å².